The monoisotopic (exact) mass is 393 g/mol. The van der Waals surface area contributed by atoms with E-state index in [1.165, 1.54) is 46.1 Å². The van der Waals surface area contributed by atoms with E-state index in [-0.39, 0.29) is 16.7 Å². The number of hydrogen-bond acceptors (Lipinski definition) is 2. The number of halogens is 1. The van der Waals surface area contributed by atoms with E-state index >= 15 is 0 Å². The third kappa shape index (κ3) is 3.27. The number of anilines is 1. The summed E-state index contributed by atoms with van der Waals surface area (Å²) in [5.74, 6) is 0.401. The molecule has 3 rings (SSSR count). The van der Waals surface area contributed by atoms with Crippen molar-refractivity contribution in [3.8, 4) is 0 Å². The standard InChI is InChI=1S/C19H28BrNOSi/c1-11-14-10-15(20)12-8-7-9-13(12)16(14)21-19(5,6)17(11)22-23-18(2,3)4/h10-11,17,21H,7-9H2,1-6H3. The smallest absolute Gasteiger partial charge is 0.236 e. The first-order valence-corrected chi connectivity index (χ1v) is 10.4. The lowest BCUT2D eigenvalue weighted by molar-refractivity contribution is 0.112. The van der Waals surface area contributed by atoms with E-state index in [9.17, 15) is 0 Å². The van der Waals surface area contributed by atoms with Gasteiger partial charge in [-0.3, -0.25) is 0 Å². The topological polar surface area (TPSA) is 21.3 Å². The average Bonchev–Trinajstić information content (AvgIpc) is 2.88. The van der Waals surface area contributed by atoms with E-state index in [4.69, 9.17) is 4.43 Å². The van der Waals surface area contributed by atoms with Gasteiger partial charge in [0.2, 0.25) is 9.76 Å². The van der Waals surface area contributed by atoms with Crippen molar-refractivity contribution < 1.29 is 4.43 Å². The Morgan fingerprint density at radius 2 is 1.91 bits per heavy atom. The van der Waals surface area contributed by atoms with E-state index in [1.807, 2.05) is 0 Å². The van der Waals surface area contributed by atoms with Crippen LogP contribution in [0.1, 0.15) is 70.6 Å². The highest BCUT2D eigenvalue weighted by Gasteiger charge is 2.42. The SMILES string of the molecule is CC1c2cc(Br)c3c(c2NC(C)(C)C1O[Si]C(C)(C)C)CCC3. The van der Waals surface area contributed by atoms with Crippen LogP contribution in [0.15, 0.2) is 10.5 Å². The number of fused-ring (bicyclic) bond motifs is 3. The molecule has 0 saturated carbocycles. The quantitative estimate of drug-likeness (QED) is 0.672. The fraction of sp³-hybridized carbons (Fsp3) is 0.684. The first kappa shape index (κ1) is 17.5. The van der Waals surface area contributed by atoms with Crippen molar-refractivity contribution >= 4 is 31.4 Å². The van der Waals surface area contributed by atoms with Crippen LogP contribution in [0.25, 0.3) is 0 Å². The molecule has 4 heteroatoms. The molecule has 2 radical (unpaired) electrons. The van der Waals surface area contributed by atoms with Crippen LogP contribution in [-0.4, -0.2) is 21.4 Å². The van der Waals surface area contributed by atoms with Crippen molar-refractivity contribution in [3.63, 3.8) is 0 Å². The Morgan fingerprint density at radius 3 is 2.57 bits per heavy atom. The first-order valence-electron chi connectivity index (χ1n) is 8.65. The summed E-state index contributed by atoms with van der Waals surface area (Å²) in [7, 11) is 0.515. The molecule has 2 unspecified atom stereocenters. The summed E-state index contributed by atoms with van der Waals surface area (Å²) in [6, 6.07) is 2.34. The van der Waals surface area contributed by atoms with Crippen LogP contribution in [0.4, 0.5) is 5.69 Å². The largest absolute Gasteiger partial charge is 0.411 e. The minimum atomic E-state index is -0.0468. The highest BCUT2D eigenvalue weighted by molar-refractivity contribution is 9.10. The van der Waals surface area contributed by atoms with Gasteiger partial charge in [0.15, 0.2) is 0 Å². The minimum absolute atomic E-state index is 0.0468. The summed E-state index contributed by atoms with van der Waals surface area (Å²) in [5, 5.41) is 4.06. The lowest BCUT2D eigenvalue weighted by atomic mass is 9.78. The zero-order valence-electron chi connectivity index (χ0n) is 15.1. The van der Waals surface area contributed by atoms with Gasteiger partial charge in [-0.2, -0.15) is 0 Å². The number of nitrogens with one attached hydrogen (secondary N) is 1. The fourth-order valence-electron chi connectivity index (χ4n) is 3.93. The zero-order chi connectivity index (χ0) is 17.0. The number of rotatable bonds is 2. The molecule has 2 aliphatic rings. The minimum Gasteiger partial charge on any atom is -0.411 e. The molecule has 0 bridgehead atoms. The zero-order valence-corrected chi connectivity index (χ0v) is 17.7. The molecule has 1 aliphatic carbocycles. The molecule has 0 aromatic heterocycles. The Hall–Kier alpha value is -0.323. The Labute approximate surface area is 151 Å². The summed E-state index contributed by atoms with van der Waals surface area (Å²) in [6.07, 6.45) is 3.86. The van der Waals surface area contributed by atoms with Crippen molar-refractivity contribution in [1.29, 1.82) is 0 Å². The molecule has 1 heterocycles. The van der Waals surface area contributed by atoms with Crippen molar-refractivity contribution in [2.45, 2.75) is 83.4 Å². The van der Waals surface area contributed by atoms with Crippen LogP contribution in [-0.2, 0) is 17.3 Å². The van der Waals surface area contributed by atoms with Crippen molar-refractivity contribution in [2.75, 3.05) is 5.32 Å². The van der Waals surface area contributed by atoms with Gasteiger partial charge in [0.05, 0.1) is 11.6 Å². The van der Waals surface area contributed by atoms with Gasteiger partial charge in [-0.05, 0) is 60.9 Å². The fourth-order valence-corrected chi connectivity index (χ4v) is 5.59. The molecule has 2 nitrogen and oxygen atoms in total. The normalized spacial score (nSPS) is 25.7. The third-order valence-electron chi connectivity index (χ3n) is 4.97. The molecular weight excluding hydrogens is 366 g/mol. The molecule has 0 fully saturated rings. The van der Waals surface area contributed by atoms with E-state index < -0.39 is 0 Å². The van der Waals surface area contributed by atoms with E-state index in [0.717, 1.165) is 0 Å². The maximum atomic E-state index is 6.44. The Bertz CT molecular complexity index is 621. The molecular formula is C19H28BrNOSi. The summed E-state index contributed by atoms with van der Waals surface area (Å²) in [4.78, 5) is 0. The summed E-state index contributed by atoms with van der Waals surface area (Å²) >= 11 is 3.81. The second-order valence-corrected chi connectivity index (χ2v) is 11.5. The molecule has 1 aromatic carbocycles. The molecule has 0 saturated heterocycles. The van der Waals surface area contributed by atoms with Gasteiger partial charge in [0.1, 0.15) is 0 Å². The van der Waals surface area contributed by atoms with Crippen LogP contribution >= 0.6 is 15.9 Å². The molecule has 1 aromatic rings. The predicted octanol–water partition coefficient (Wildman–Crippen LogP) is 5.47. The van der Waals surface area contributed by atoms with E-state index in [1.54, 1.807) is 0 Å². The van der Waals surface area contributed by atoms with Crippen molar-refractivity contribution in [2.24, 2.45) is 0 Å². The lowest BCUT2D eigenvalue weighted by Crippen LogP contribution is -2.52. The van der Waals surface area contributed by atoms with Crippen molar-refractivity contribution in [3.05, 3.63) is 27.2 Å². The van der Waals surface area contributed by atoms with Crippen LogP contribution in [0, 0.1) is 0 Å². The van der Waals surface area contributed by atoms with Gasteiger partial charge in [-0.15, -0.1) is 0 Å². The van der Waals surface area contributed by atoms with Gasteiger partial charge >= 0.3 is 0 Å². The van der Waals surface area contributed by atoms with Crippen LogP contribution < -0.4 is 5.32 Å². The van der Waals surface area contributed by atoms with Crippen LogP contribution in [0.2, 0.25) is 5.04 Å². The maximum absolute atomic E-state index is 6.44. The Morgan fingerprint density at radius 1 is 1.26 bits per heavy atom. The summed E-state index contributed by atoms with van der Waals surface area (Å²) in [5.41, 5.74) is 5.80. The van der Waals surface area contributed by atoms with E-state index in [2.05, 4.69) is 68.9 Å². The van der Waals surface area contributed by atoms with Gasteiger partial charge in [-0.25, -0.2) is 0 Å². The van der Waals surface area contributed by atoms with Gasteiger partial charge < -0.3 is 9.74 Å². The second kappa shape index (κ2) is 5.89. The molecule has 23 heavy (non-hydrogen) atoms. The van der Waals surface area contributed by atoms with Crippen LogP contribution in [0.5, 0.6) is 0 Å². The third-order valence-corrected chi connectivity index (χ3v) is 6.67. The molecule has 1 aliphatic heterocycles. The Balaban J connectivity index is 1.98. The highest BCUT2D eigenvalue weighted by atomic mass is 79.9. The molecule has 0 spiro atoms. The molecule has 0 amide bonds. The van der Waals surface area contributed by atoms with Gasteiger partial charge in [-0.1, -0.05) is 43.6 Å². The van der Waals surface area contributed by atoms with Crippen molar-refractivity contribution in [1.82, 2.24) is 0 Å². The van der Waals surface area contributed by atoms with Crippen LogP contribution in [0.3, 0.4) is 0 Å². The Kier molecular flexibility index (Phi) is 4.48. The molecule has 126 valence electrons. The molecule has 1 N–H and O–H groups in total. The lowest BCUT2D eigenvalue weighted by Gasteiger charge is -2.46. The van der Waals surface area contributed by atoms with Gasteiger partial charge in [0.25, 0.3) is 0 Å². The van der Waals surface area contributed by atoms with E-state index in [0.29, 0.717) is 15.7 Å². The van der Waals surface area contributed by atoms with Gasteiger partial charge in [0, 0.05) is 16.1 Å². The average molecular weight is 394 g/mol. The highest BCUT2D eigenvalue weighted by Crippen LogP contribution is 2.47. The maximum Gasteiger partial charge on any atom is 0.236 e. The number of benzene rings is 1. The first-order chi connectivity index (χ1) is 10.6. The second-order valence-electron chi connectivity index (χ2n) is 8.66. The summed E-state index contributed by atoms with van der Waals surface area (Å²) < 4.78 is 7.73. The predicted molar refractivity (Wildman–Crippen MR) is 103 cm³/mol. The summed E-state index contributed by atoms with van der Waals surface area (Å²) in [6.45, 7) is 13.6. The molecule has 2 atom stereocenters. The number of hydrogen-bond donors (Lipinski definition) is 1.